The first-order chi connectivity index (χ1) is 10.1. The number of hydrogen-bond donors (Lipinski definition) is 1. The lowest BCUT2D eigenvalue weighted by molar-refractivity contribution is -0.137. The Bertz CT molecular complexity index is 695. The first-order valence-corrected chi connectivity index (χ1v) is 6.99. The zero-order valence-corrected chi connectivity index (χ0v) is 11.5. The molecule has 0 aliphatic heterocycles. The first-order valence-electron chi connectivity index (χ1n) is 6.99. The molecule has 1 N–H and O–H groups in total. The van der Waals surface area contributed by atoms with Crippen LogP contribution in [0.1, 0.15) is 23.2 Å². The number of carboxylic acid groups (broad SMARTS) is 1. The third-order valence-electron chi connectivity index (χ3n) is 3.64. The number of fused-ring (bicyclic) bond motifs is 1. The van der Waals surface area contributed by atoms with Gasteiger partial charge in [-0.05, 0) is 43.0 Å². The summed E-state index contributed by atoms with van der Waals surface area (Å²) >= 11 is 0. The van der Waals surface area contributed by atoms with Crippen molar-refractivity contribution in [2.75, 3.05) is 13.1 Å². The molecule has 5 nitrogen and oxygen atoms in total. The van der Waals surface area contributed by atoms with Gasteiger partial charge in [0.05, 0.1) is 5.52 Å². The Hall–Kier alpha value is -2.43. The summed E-state index contributed by atoms with van der Waals surface area (Å²) in [6, 6.07) is 8.97. The Kier molecular flexibility index (Phi) is 3.56. The van der Waals surface area contributed by atoms with Crippen LogP contribution in [0.3, 0.4) is 0 Å². The number of carbonyl (C=O) groups is 2. The molecule has 0 unspecified atom stereocenters. The number of amides is 1. The maximum absolute atomic E-state index is 12.5. The molecule has 2 aromatic rings. The highest BCUT2D eigenvalue weighted by atomic mass is 16.4. The van der Waals surface area contributed by atoms with Crippen LogP contribution in [0, 0.1) is 5.92 Å². The first kappa shape index (κ1) is 13.5. The third-order valence-corrected chi connectivity index (χ3v) is 3.64. The molecule has 1 amide bonds. The highest BCUT2D eigenvalue weighted by Gasteiger charge is 2.28. The minimum atomic E-state index is -0.980. The standard InChI is InChI=1S/C16H16N2O3/c19-15(20)10-18(9-11-3-4-11)16(21)13-5-6-14-12(8-13)2-1-7-17-14/h1-2,5-8,11H,3-4,9-10H2,(H,19,20). The Balaban J connectivity index is 1.86. The average molecular weight is 284 g/mol. The molecule has 1 heterocycles. The fourth-order valence-electron chi connectivity index (χ4n) is 2.39. The quantitative estimate of drug-likeness (QED) is 0.913. The Morgan fingerprint density at radius 3 is 2.81 bits per heavy atom. The van der Waals surface area contributed by atoms with Gasteiger partial charge in [-0.1, -0.05) is 6.07 Å². The molecule has 1 saturated carbocycles. The summed E-state index contributed by atoms with van der Waals surface area (Å²) in [5.74, 6) is -0.753. The lowest BCUT2D eigenvalue weighted by atomic mass is 10.1. The molecule has 0 saturated heterocycles. The van der Waals surface area contributed by atoms with Crippen LogP contribution in [0.4, 0.5) is 0 Å². The summed E-state index contributed by atoms with van der Waals surface area (Å²) in [7, 11) is 0. The summed E-state index contributed by atoms with van der Waals surface area (Å²) in [5.41, 5.74) is 1.33. The van der Waals surface area contributed by atoms with Crippen LogP contribution in [0.15, 0.2) is 36.5 Å². The number of carboxylic acids is 1. The van der Waals surface area contributed by atoms with Gasteiger partial charge in [-0.3, -0.25) is 14.6 Å². The topological polar surface area (TPSA) is 70.5 Å². The van der Waals surface area contributed by atoms with Crippen LogP contribution in [-0.4, -0.2) is 40.0 Å². The van der Waals surface area contributed by atoms with Crippen molar-refractivity contribution >= 4 is 22.8 Å². The van der Waals surface area contributed by atoms with Gasteiger partial charge in [0.15, 0.2) is 0 Å². The van der Waals surface area contributed by atoms with E-state index in [1.807, 2.05) is 12.1 Å². The van der Waals surface area contributed by atoms with E-state index in [1.165, 1.54) is 4.90 Å². The Labute approximate surface area is 122 Å². The molecule has 0 spiro atoms. The van der Waals surface area contributed by atoms with Crippen molar-refractivity contribution < 1.29 is 14.7 Å². The van der Waals surface area contributed by atoms with Crippen LogP contribution >= 0.6 is 0 Å². The van der Waals surface area contributed by atoms with Crippen molar-refractivity contribution in [2.24, 2.45) is 5.92 Å². The van der Waals surface area contributed by atoms with Crippen LogP contribution in [0.25, 0.3) is 10.9 Å². The highest BCUT2D eigenvalue weighted by Crippen LogP contribution is 2.30. The van der Waals surface area contributed by atoms with Crippen molar-refractivity contribution in [3.8, 4) is 0 Å². The summed E-state index contributed by atoms with van der Waals surface area (Å²) in [4.78, 5) is 29.1. The Morgan fingerprint density at radius 1 is 1.29 bits per heavy atom. The number of rotatable bonds is 5. The molecule has 5 heteroatoms. The number of hydrogen-bond acceptors (Lipinski definition) is 3. The molecule has 1 aromatic heterocycles. The van der Waals surface area contributed by atoms with Crippen LogP contribution in [-0.2, 0) is 4.79 Å². The van der Waals surface area contributed by atoms with E-state index in [9.17, 15) is 9.59 Å². The number of pyridine rings is 1. The van der Waals surface area contributed by atoms with E-state index in [4.69, 9.17) is 5.11 Å². The minimum absolute atomic E-state index is 0.227. The van der Waals surface area contributed by atoms with Gasteiger partial charge in [0.25, 0.3) is 5.91 Å². The second kappa shape index (κ2) is 5.52. The number of benzene rings is 1. The summed E-state index contributed by atoms with van der Waals surface area (Å²) in [6.07, 6.45) is 3.85. The molecule has 21 heavy (non-hydrogen) atoms. The summed E-state index contributed by atoms with van der Waals surface area (Å²) in [5, 5.41) is 9.86. The van der Waals surface area contributed by atoms with Crippen molar-refractivity contribution in [1.82, 2.24) is 9.88 Å². The lowest BCUT2D eigenvalue weighted by Crippen LogP contribution is -2.37. The fourth-order valence-corrected chi connectivity index (χ4v) is 2.39. The van der Waals surface area contributed by atoms with Gasteiger partial charge in [-0.15, -0.1) is 0 Å². The molecular formula is C16H16N2O3. The molecular weight excluding hydrogens is 268 g/mol. The van der Waals surface area contributed by atoms with E-state index < -0.39 is 5.97 Å². The highest BCUT2D eigenvalue weighted by molar-refractivity contribution is 5.99. The maximum atomic E-state index is 12.5. The van der Waals surface area contributed by atoms with Crippen molar-refractivity contribution in [2.45, 2.75) is 12.8 Å². The number of aliphatic carboxylic acids is 1. The van der Waals surface area contributed by atoms with Crippen molar-refractivity contribution in [3.05, 3.63) is 42.1 Å². The van der Waals surface area contributed by atoms with E-state index in [0.29, 0.717) is 18.0 Å². The second-order valence-corrected chi connectivity index (χ2v) is 5.43. The minimum Gasteiger partial charge on any atom is -0.480 e. The molecule has 1 aliphatic carbocycles. The molecule has 3 rings (SSSR count). The monoisotopic (exact) mass is 284 g/mol. The van der Waals surface area contributed by atoms with Crippen LogP contribution in [0.2, 0.25) is 0 Å². The molecule has 108 valence electrons. The van der Waals surface area contributed by atoms with Gasteiger partial charge < -0.3 is 10.0 Å². The lowest BCUT2D eigenvalue weighted by Gasteiger charge is -2.20. The van der Waals surface area contributed by atoms with E-state index in [1.54, 1.807) is 24.4 Å². The van der Waals surface area contributed by atoms with Crippen LogP contribution in [0.5, 0.6) is 0 Å². The molecule has 0 radical (unpaired) electrons. The molecule has 1 aliphatic rings. The number of carbonyl (C=O) groups excluding carboxylic acids is 1. The largest absolute Gasteiger partial charge is 0.480 e. The predicted molar refractivity (Wildman–Crippen MR) is 78.0 cm³/mol. The summed E-state index contributed by atoms with van der Waals surface area (Å²) < 4.78 is 0. The third kappa shape index (κ3) is 3.18. The maximum Gasteiger partial charge on any atom is 0.323 e. The smallest absolute Gasteiger partial charge is 0.323 e. The predicted octanol–water partition coefficient (Wildman–Crippen LogP) is 2.17. The van der Waals surface area contributed by atoms with E-state index in [-0.39, 0.29) is 12.5 Å². The van der Waals surface area contributed by atoms with Crippen molar-refractivity contribution in [1.29, 1.82) is 0 Å². The van der Waals surface area contributed by atoms with E-state index >= 15 is 0 Å². The fraction of sp³-hybridized carbons (Fsp3) is 0.312. The van der Waals surface area contributed by atoms with Gasteiger partial charge in [0, 0.05) is 23.7 Å². The van der Waals surface area contributed by atoms with Gasteiger partial charge in [-0.25, -0.2) is 0 Å². The Morgan fingerprint density at radius 2 is 2.10 bits per heavy atom. The van der Waals surface area contributed by atoms with Crippen molar-refractivity contribution in [3.63, 3.8) is 0 Å². The van der Waals surface area contributed by atoms with Gasteiger partial charge in [0.1, 0.15) is 6.54 Å². The van der Waals surface area contributed by atoms with E-state index in [2.05, 4.69) is 4.98 Å². The zero-order chi connectivity index (χ0) is 14.8. The SMILES string of the molecule is O=C(O)CN(CC1CC1)C(=O)c1ccc2ncccc2c1. The summed E-state index contributed by atoms with van der Waals surface area (Å²) in [6.45, 7) is 0.274. The normalized spacial score (nSPS) is 14.1. The van der Waals surface area contributed by atoms with Gasteiger partial charge in [-0.2, -0.15) is 0 Å². The molecule has 1 aromatic carbocycles. The molecule has 0 atom stereocenters. The van der Waals surface area contributed by atoms with Crippen LogP contribution < -0.4 is 0 Å². The number of nitrogens with zero attached hydrogens (tertiary/aromatic N) is 2. The second-order valence-electron chi connectivity index (χ2n) is 5.43. The van der Waals surface area contributed by atoms with Gasteiger partial charge in [0.2, 0.25) is 0 Å². The average Bonchev–Trinajstić information content (AvgIpc) is 3.29. The molecule has 1 fully saturated rings. The zero-order valence-electron chi connectivity index (χ0n) is 11.5. The number of aromatic nitrogens is 1. The van der Waals surface area contributed by atoms with E-state index in [0.717, 1.165) is 23.7 Å². The molecule has 0 bridgehead atoms. The van der Waals surface area contributed by atoms with Gasteiger partial charge >= 0.3 is 5.97 Å².